The summed E-state index contributed by atoms with van der Waals surface area (Å²) in [5.74, 6) is -2.13. The first kappa shape index (κ1) is 15.6. The van der Waals surface area contributed by atoms with Crippen LogP contribution in [0, 0.1) is 0 Å². The number of alkyl halides is 3. The highest BCUT2D eigenvalue weighted by Crippen LogP contribution is 2.41. The number of ketones is 1. The van der Waals surface area contributed by atoms with Crippen LogP contribution in [0.15, 0.2) is 28.7 Å². The Balaban J connectivity index is 1.69. The van der Waals surface area contributed by atoms with E-state index in [1.165, 1.54) is 12.1 Å². The number of hydrogen-bond donors (Lipinski definition) is 0. The fourth-order valence-electron chi connectivity index (χ4n) is 2.76. The Hall–Kier alpha value is -2.97. The van der Waals surface area contributed by atoms with Gasteiger partial charge in [-0.15, -0.1) is 0 Å². The molecule has 0 N–H and O–H groups in total. The number of anilines is 1. The van der Waals surface area contributed by atoms with Crippen LogP contribution in [-0.2, 0) is 17.5 Å². The molecule has 130 valence electrons. The molecule has 0 aliphatic carbocycles. The number of furan rings is 1. The van der Waals surface area contributed by atoms with Crippen molar-refractivity contribution in [2.75, 3.05) is 18.1 Å². The first-order valence-corrected chi connectivity index (χ1v) is 7.30. The van der Waals surface area contributed by atoms with E-state index in [1.807, 2.05) is 0 Å². The number of ether oxygens (including phenoxy) is 2. The van der Waals surface area contributed by atoms with Crippen molar-refractivity contribution in [1.82, 2.24) is 0 Å². The second-order valence-corrected chi connectivity index (χ2v) is 5.50. The van der Waals surface area contributed by atoms with Crippen LogP contribution in [0.25, 0.3) is 0 Å². The molecule has 1 aromatic carbocycles. The first-order chi connectivity index (χ1) is 11.8. The molecule has 1 aromatic heterocycles. The molecule has 0 bridgehead atoms. The largest absolute Gasteiger partial charge is 0.486 e. The highest BCUT2D eigenvalue weighted by Gasteiger charge is 2.39. The lowest BCUT2D eigenvalue weighted by Crippen LogP contribution is -2.29. The highest BCUT2D eigenvalue weighted by molar-refractivity contribution is 6.52. The molecule has 0 spiro atoms. The minimum Gasteiger partial charge on any atom is -0.486 e. The summed E-state index contributed by atoms with van der Waals surface area (Å²) in [7, 11) is 0. The molecule has 2 aliphatic heterocycles. The molecule has 0 atom stereocenters. The molecule has 3 heterocycles. The second-order valence-electron chi connectivity index (χ2n) is 5.50. The van der Waals surface area contributed by atoms with Gasteiger partial charge in [0.05, 0.1) is 17.8 Å². The monoisotopic (exact) mass is 353 g/mol. The third-order valence-corrected chi connectivity index (χ3v) is 3.89. The third-order valence-electron chi connectivity index (χ3n) is 3.89. The molecule has 6 nitrogen and oxygen atoms in total. The highest BCUT2D eigenvalue weighted by atomic mass is 19.4. The molecule has 4 rings (SSSR count). The number of rotatable bonds is 2. The standard InChI is InChI=1S/C16H10F3NO5/c17-16(18,19)13-2-1-8(25-13)7-20-10-6-12-11(23-3-4-24-12)5-9(10)14(21)15(20)22/h1-2,5-6H,3-4,7H2. The molecule has 2 aliphatic rings. The molecular weight excluding hydrogens is 343 g/mol. The molecule has 25 heavy (non-hydrogen) atoms. The summed E-state index contributed by atoms with van der Waals surface area (Å²) < 4.78 is 53.4. The number of fused-ring (bicyclic) bond motifs is 2. The van der Waals surface area contributed by atoms with Crippen LogP contribution >= 0.6 is 0 Å². The van der Waals surface area contributed by atoms with E-state index in [9.17, 15) is 22.8 Å². The predicted octanol–water partition coefficient (Wildman–Crippen LogP) is 2.80. The van der Waals surface area contributed by atoms with Gasteiger partial charge in [-0.05, 0) is 18.2 Å². The normalized spacial score (nSPS) is 16.4. The molecule has 0 saturated heterocycles. The van der Waals surface area contributed by atoms with Crippen molar-refractivity contribution < 1.29 is 36.7 Å². The van der Waals surface area contributed by atoms with Crippen molar-refractivity contribution in [3.63, 3.8) is 0 Å². The Labute approximate surface area is 138 Å². The van der Waals surface area contributed by atoms with Gasteiger partial charge in [-0.1, -0.05) is 0 Å². The average Bonchev–Trinajstić information content (AvgIpc) is 3.13. The summed E-state index contributed by atoms with van der Waals surface area (Å²) >= 11 is 0. The Morgan fingerprint density at radius 3 is 2.36 bits per heavy atom. The quantitative estimate of drug-likeness (QED) is 0.777. The molecule has 0 saturated carbocycles. The third kappa shape index (κ3) is 2.51. The molecule has 0 radical (unpaired) electrons. The van der Waals surface area contributed by atoms with Gasteiger partial charge in [0.1, 0.15) is 19.0 Å². The Kier molecular flexibility index (Phi) is 3.28. The van der Waals surface area contributed by atoms with Gasteiger partial charge in [0.2, 0.25) is 5.76 Å². The summed E-state index contributed by atoms with van der Waals surface area (Å²) in [4.78, 5) is 25.4. The van der Waals surface area contributed by atoms with E-state index < -0.39 is 23.6 Å². The molecule has 1 amide bonds. The number of carbonyl (C=O) groups is 2. The fraction of sp³-hybridized carbons (Fsp3) is 0.250. The zero-order valence-electron chi connectivity index (χ0n) is 12.6. The first-order valence-electron chi connectivity index (χ1n) is 7.30. The summed E-state index contributed by atoms with van der Waals surface area (Å²) in [6.45, 7) is 0.346. The minimum absolute atomic E-state index is 0.0868. The van der Waals surface area contributed by atoms with E-state index in [-0.39, 0.29) is 23.6 Å². The summed E-state index contributed by atoms with van der Waals surface area (Å²) in [5, 5.41) is 0. The van der Waals surface area contributed by atoms with Crippen molar-refractivity contribution in [2.45, 2.75) is 12.7 Å². The van der Waals surface area contributed by atoms with Gasteiger partial charge in [-0.2, -0.15) is 13.2 Å². The lowest BCUT2D eigenvalue weighted by Gasteiger charge is -2.21. The number of nitrogens with zero attached hydrogens (tertiary/aromatic N) is 1. The van der Waals surface area contributed by atoms with Crippen LogP contribution < -0.4 is 14.4 Å². The number of amides is 1. The number of hydrogen-bond acceptors (Lipinski definition) is 5. The van der Waals surface area contributed by atoms with Crippen molar-refractivity contribution in [3.05, 3.63) is 41.3 Å². The Bertz CT molecular complexity index is 886. The van der Waals surface area contributed by atoms with E-state index in [1.54, 1.807) is 0 Å². The van der Waals surface area contributed by atoms with E-state index in [4.69, 9.17) is 13.9 Å². The van der Waals surface area contributed by atoms with Gasteiger partial charge in [0.15, 0.2) is 11.5 Å². The summed E-state index contributed by atoms with van der Waals surface area (Å²) in [6.07, 6.45) is -4.62. The number of benzene rings is 1. The average molecular weight is 353 g/mol. The summed E-state index contributed by atoms with van der Waals surface area (Å²) in [5.41, 5.74) is 0.376. The lowest BCUT2D eigenvalue weighted by molar-refractivity contribution is -0.153. The van der Waals surface area contributed by atoms with Gasteiger partial charge in [-0.3, -0.25) is 14.5 Å². The van der Waals surface area contributed by atoms with Crippen LogP contribution in [0.2, 0.25) is 0 Å². The fourth-order valence-corrected chi connectivity index (χ4v) is 2.76. The molecular formula is C16H10F3NO5. The predicted molar refractivity (Wildman–Crippen MR) is 76.7 cm³/mol. The van der Waals surface area contributed by atoms with Crippen LogP contribution in [0.4, 0.5) is 18.9 Å². The van der Waals surface area contributed by atoms with Crippen molar-refractivity contribution in [1.29, 1.82) is 0 Å². The van der Waals surface area contributed by atoms with Gasteiger partial charge >= 0.3 is 6.18 Å². The SMILES string of the molecule is O=C1C(=O)N(Cc2ccc(C(F)(F)F)o2)c2cc3c(cc21)OCCO3. The maximum absolute atomic E-state index is 12.6. The smallest absolute Gasteiger partial charge is 0.449 e. The molecule has 0 fully saturated rings. The molecule has 9 heteroatoms. The van der Waals surface area contributed by atoms with E-state index >= 15 is 0 Å². The van der Waals surface area contributed by atoms with Gasteiger partial charge in [0.25, 0.3) is 11.7 Å². The number of halogens is 3. The van der Waals surface area contributed by atoms with Crippen LogP contribution in [-0.4, -0.2) is 24.9 Å². The Morgan fingerprint density at radius 1 is 1.04 bits per heavy atom. The topological polar surface area (TPSA) is 69.0 Å². The van der Waals surface area contributed by atoms with Crippen LogP contribution in [0.3, 0.4) is 0 Å². The molecule has 0 unspecified atom stereocenters. The zero-order chi connectivity index (χ0) is 17.8. The van der Waals surface area contributed by atoms with Gasteiger partial charge in [0, 0.05) is 6.07 Å². The zero-order valence-corrected chi connectivity index (χ0v) is 12.6. The second kappa shape index (κ2) is 5.27. The van der Waals surface area contributed by atoms with Crippen molar-refractivity contribution in [3.8, 4) is 11.5 Å². The Morgan fingerprint density at radius 2 is 1.72 bits per heavy atom. The number of Topliss-reactive ketones (excluding diaryl/α,β-unsaturated/α-hetero) is 1. The van der Waals surface area contributed by atoms with E-state index in [0.29, 0.717) is 24.7 Å². The minimum atomic E-state index is -4.62. The van der Waals surface area contributed by atoms with Gasteiger partial charge < -0.3 is 13.9 Å². The summed E-state index contributed by atoms with van der Waals surface area (Å²) in [6, 6.07) is 4.78. The molecule has 2 aromatic rings. The maximum Gasteiger partial charge on any atom is 0.449 e. The van der Waals surface area contributed by atoms with Crippen LogP contribution in [0.1, 0.15) is 21.9 Å². The van der Waals surface area contributed by atoms with Crippen molar-refractivity contribution in [2.24, 2.45) is 0 Å². The van der Waals surface area contributed by atoms with Crippen molar-refractivity contribution >= 4 is 17.4 Å². The lowest BCUT2D eigenvalue weighted by atomic mass is 10.1. The maximum atomic E-state index is 12.6. The van der Waals surface area contributed by atoms with Crippen LogP contribution in [0.5, 0.6) is 11.5 Å². The van der Waals surface area contributed by atoms with Gasteiger partial charge in [-0.25, -0.2) is 0 Å². The number of carbonyl (C=O) groups excluding carboxylic acids is 2. The van der Waals surface area contributed by atoms with E-state index in [2.05, 4.69) is 0 Å². The van der Waals surface area contributed by atoms with E-state index in [0.717, 1.165) is 17.0 Å².